The molecule has 2 aromatic carbocycles. The minimum absolute atomic E-state index is 0.152. The minimum atomic E-state index is -0.152. The monoisotopic (exact) mass is 263 g/mol. The van der Waals surface area contributed by atoms with E-state index in [1.807, 2.05) is 48.5 Å². The number of ether oxygens (including phenoxy) is 1. The van der Waals surface area contributed by atoms with Crippen molar-refractivity contribution in [3.63, 3.8) is 0 Å². The molecular formula is C17H13NO2. The van der Waals surface area contributed by atoms with Gasteiger partial charge in [0.2, 0.25) is 0 Å². The first-order valence-corrected chi connectivity index (χ1v) is 6.03. The highest BCUT2D eigenvalue weighted by atomic mass is 16.5. The first-order chi connectivity index (χ1) is 9.72. The van der Waals surface area contributed by atoms with Gasteiger partial charge in [0, 0.05) is 16.9 Å². The lowest BCUT2D eigenvalue weighted by Crippen LogP contribution is -2.19. The van der Waals surface area contributed by atoms with Crippen LogP contribution in [0.25, 0.3) is 6.08 Å². The summed E-state index contributed by atoms with van der Waals surface area (Å²) in [5, 5.41) is 1.71. The van der Waals surface area contributed by atoms with Gasteiger partial charge in [-0.2, -0.15) is 0 Å². The molecule has 3 heteroatoms. The number of carbonyl (C=O) groups is 1. The molecule has 2 aromatic rings. The number of carbonyl (C=O) groups excluding carboxylic acids is 1. The van der Waals surface area contributed by atoms with Crippen LogP contribution < -0.4 is 15.3 Å². The van der Waals surface area contributed by atoms with Crippen molar-refractivity contribution < 1.29 is 9.53 Å². The summed E-state index contributed by atoms with van der Waals surface area (Å²) in [6.45, 7) is 0. The highest BCUT2D eigenvalue weighted by Gasteiger charge is 1.99. The van der Waals surface area contributed by atoms with Gasteiger partial charge in [0.25, 0.3) is 5.91 Å². The fourth-order valence-corrected chi connectivity index (χ4v) is 1.68. The zero-order valence-electron chi connectivity index (χ0n) is 11.0. The molecule has 0 radical (unpaired) electrons. The fourth-order valence-electron chi connectivity index (χ4n) is 1.68. The Labute approximate surface area is 117 Å². The Morgan fingerprint density at radius 3 is 2.40 bits per heavy atom. The topological polar surface area (TPSA) is 38.7 Å². The van der Waals surface area contributed by atoms with Crippen LogP contribution in [0.15, 0.2) is 53.5 Å². The van der Waals surface area contributed by atoms with E-state index in [4.69, 9.17) is 11.2 Å². The quantitative estimate of drug-likeness (QED) is 0.727. The second-order valence-corrected chi connectivity index (χ2v) is 4.03. The van der Waals surface area contributed by atoms with Gasteiger partial charge in [-0.15, -0.1) is 6.42 Å². The normalized spacial score (nSPS) is 11.1. The highest BCUT2D eigenvalue weighted by molar-refractivity contribution is 6.06. The van der Waals surface area contributed by atoms with Crippen LogP contribution in [0, 0.1) is 12.3 Å². The largest absolute Gasteiger partial charge is 0.497 e. The van der Waals surface area contributed by atoms with Crippen molar-refractivity contribution in [3.05, 3.63) is 64.7 Å². The first-order valence-electron chi connectivity index (χ1n) is 6.03. The lowest BCUT2D eigenvalue weighted by atomic mass is 10.2. The predicted octanol–water partition coefficient (Wildman–Crippen LogP) is 1.30. The van der Waals surface area contributed by atoms with E-state index in [1.165, 1.54) is 6.08 Å². The highest BCUT2D eigenvalue weighted by Crippen LogP contribution is 2.09. The van der Waals surface area contributed by atoms with Crippen molar-refractivity contribution in [2.45, 2.75) is 0 Å². The number of hydrogen-bond acceptors (Lipinski definition) is 2. The summed E-state index contributed by atoms with van der Waals surface area (Å²) in [4.78, 5) is 14.4. The molecular weight excluding hydrogens is 250 g/mol. The number of benzene rings is 2. The Kier molecular flexibility index (Phi) is 4.31. The number of nitrogens with zero attached hydrogens (tertiary/aromatic N) is 1. The number of terminal acetylenes is 1. The van der Waals surface area contributed by atoms with Gasteiger partial charge in [-0.3, -0.25) is 4.79 Å². The molecule has 1 aliphatic rings. The average molecular weight is 263 g/mol. The molecule has 3 rings (SSSR count). The molecule has 0 fully saturated rings. The Balaban J connectivity index is 0.000000147. The van der Waals surface area contributed by atoms with Gasteiger partial charge in [0.1, 0.15) is 5.75 Å². The zero-order chi connectivity index (χ0) is 14.4. The molecule has 0 N–H and O–H groups in total. The van der Waals surface area contributed by atoms with Gasteiger partial charge < -0.3 is 4.74 Å². The smallest absolute Gasteiger partial charge is 0.270 e. The molecule has 0 unspecified atom stereocenters. The number of para-hydroxylation sites is 1. The number of rotatable bonds is 1. The SMILES string of the molecule is C#Cc1ccc(OC)cc1.O=C1C=c2ccccc2=N1. The van der Waals surface area contributed by atoms with Gasteiger partial charge in [0.05, 0.1) is 12.5 Å². The molecule has 3 nitrogen and oxygen atoms in total. The summed E-state index contributed by atoms with van der Waals surface area (Å²) in [6.07, 6.45) is 6.69. The lowest BCUT2D eigenvalue weighted by molar-refractivity contribution is -0.112. The van der Waals surface area contributed by atoms with Gasteiger partial charge in [-0.25, -0.2) is 4.99 Å². The van der Waals surface area contributed by atoms with Crippen LogP contribution in [0.4, 0.5) is 0 Å². The third kappa shape index (κ3) is 3.33. The Morgan fingerprint density at radius 1 is 1.10 bits per heavy atom. The van der Waals surface area contributed by atoms with E-state index in [9.17, 15) is 4.79 Å². The molecule has 1 aliphatic heterocycles. The summed E-state index contributed by atoms with van der Waals surface area (Å²) in [6, 6.07) is 14.8. The molecule has 0 aromatic heterocycles. The van der Waals surface area contributed by atoms with Crippen molar-refractivity contribution >= 4 is 12.0 Å². The molecule has 0 bridgehead atoms. The standard InChI is InChI=1S/C9H8O.C8H5NO/c1-3-8-4-6-9(10-2)7-5-8;10-8-5-6-3-1-2-4-7(6)9-8/h1,4-7H,2H3;1-5H. The number of amides is 1. The summed E-state index contributed by atoms with van der Waals surface area (Å²) in [5.74, 6) is 3.20. The van der Waals surface area contributed by atoms with Crippen LogP contribution in [0.1, 0.15) is 5.56 Å². The van der Waals surface area contributed by atoms with Crippen molar-refractivity contribution in [3.8, 4) is 18.1 Å². The van der Waals surface area contributed by atoms with E-state index in [0.717, 1.165) is 21.9 Å². The average Bonchev–Trinajstić information content (AvgIpc) is 2.88. The minimum Gasteiger partial charge on any atom is -0.497 e. The molecule has 1 amide bonds. The van der Waals surface area contributed by atoms with E-state index in [-0.39, 0.29) is 5.91 Å². The fraction of sp³-hybridized carbons (Fsp3) is 0.0588. The molecule has 0 saturated carbocycles. The maximum atomic E-state index is 10.7. The van der Waals surface area contributed by atoms with Crippen LogP contribution in [-0.2, 0) is 4.79 Å². The van der Waals surface area contributed by atoms with Gasteiger partial charge >= 0.3 is 0 Å². The summed E-state index contributed by atoms with van der Waals surface area (Å²) < 4.78 is 4.95. The maximum Gasteiger partial charge on any atom is 0.270 e. The summed E-state index contributed by atoms with van der Waals surface area (Å²) >= 11 is 0. The molecule has 98 valence electrons. The van der Waals surface area contributed by atoms with Crippen molar-refractivity contribution in [1.82, 2.24) is 0 Å². The number of fused-ring (bicyclic) bond motifs is 1. The molecule has 0 aliphatic carbocycles. The van der Waals surface area contributed by atoms with Crippen molar-refractivity contribution in [2.75, 3.05) is 7.11 Å². The van der Waals surface area contributed by atoms with Gasteiger partial charge in [-0.1, -0.05) is 24.1 Å². The van der Waals surface area contributed by atoms with Crippen LogP contribution in [0.2, 0.25) is 0 Å². The van der Waals surface area contributed by atoms with Gasteiger partial charge in [0.15, 0.2) is 0 Å². The first kappa shape index (κ1) is 13.6. The third-order valence-electron chi connectivity index (χ3n) is 2.70. The molecule has 0 spiro atoms. The maximum absolute atomic E-state index is 10.7. The second kappa shape index (κ2) is 6.35. The second-order valence-electron chi connectivity index (χ2n) is 4.03. The van der Waals surface area contributed by atoms with Crippen molar-refractivity contribution in [2.24, 2.45) is 4.99 Å². The van der Waals surface area contributed by atoms with Crippen LogP contribution in [-0.4, -0.2) is 13.0 Å². The number of methoxy groups -OCH3 is 1. The third-order valence-corrected chi connectivity index (χ3v) is 2.70. The van der Waals surface area contributed by atoms with E-state index in [2.05, 4.69) is 10.9 Å². The van der Waals surface area contributed by atoms with Crippen LogP contribution >= 0.6 is 0 Å². The molecule has 0 atom stereocenters. The van der Waals surface area contributed by atoms with Crippen LogP contribution in [0.3, 0.4) is 0 Å². The Bertz CT molecular complexity index is 731. The molecule has 1 heterocycles. The predicted molar refractivity (Wildman–Crippen MR) is 77.6 cm³/mol. The molecule has 0 saturated heterocycles. The zero-order valence-corrected chi connectivity index (χ0v) is 11.0. The summed E-state index contributed by atoms with van der Waals surface area (Å²) in [5.41, 5.74) is 0.876. The van der Waals surface area contributed by atoms with E-state index < -0.39 is 0 Å². The molecule has 20 heavy (non-hydrogen) atoms. The van der Waals surface area contributed by atoms with E-state index in [1.54, 1.807) is 7.11 Å². The lowest BCUT2D eigenvalue weighted by Gasteiger charge is -1.96. The van der Waals surface area contributed by atoms with Crippen LogP contribution in [0.5, 0.6) is 5.75 Å². The Hall–Kier alpha value is -2.86. The van der Waals surface area contributed by atoms with E-state index >= 15 is 0 Å². The Morgan fingerprint density at radius 2 is 1.80 bits per heavy atom. The van der Waals surface area contributed by atoms with E-state index in [0.29, 0.717) is 0 Å². The van der Waals surface area contributed by atoms with Crippen molar-refractivity contribution in [1.29, 1.82) is 0 Å². The number of hydrogen-bond donors (Lipinski definition) is 0. The van der Waals surface area contributed by atoms with Gasteiger partial charge in [-0.05, 0) is 30.3 Å². The summed E-state index contributed by atoms with van der Waals surface area (Å²) in [7, 11) is 1.63.